The SMILES string of the molecule is CCCCOc1ccc2c(=O)c(OCP(=O)(OCC)OCC)c(-c3ccc(OCCCC)c(OCCCC)c3)oc2c1. The Labute approximate surface area is 248 Å². The van der Waals surface area contributed by atoms with Crippen LogP contribution in [0.5, 0.6) is 23.0 Å². The molecule has 0 aliphatic heterocycles. The summed E-state index contributed by atoms with van der Waals surface area (Å²) in [6.07, 6.45) is 5.23. The molecule has 3 rings (SSSR count). The lowest BCUT2D eigenvalue weighted by Gasteiger charge is -2.19. The van der Waals surface area contributed by atoms with Crippen molar-refractivity contribution in [3.63, 3.8) is 0 Å². The van der Waals surface area contributed by atoms with E-state index in [9.17, 15) is 9.36 Å². The second kappa shape index (κ2) is 17.2. The van der Waals surface area contributed by atoms with E-state index in [0.29, 0.717) is 53.6 Å². The number of rotatable bonds is 20. The average Bonchev–Trinajstić information content (AvgIpc) is 2.98. The van der Waals surface area contributed by atoms with Crippen LogP contribution in [0.2, 0.25) is 0 Å². The molecule has 0 spiro atoms. The lowest BCUT2D eigenvalue weighted by molar-refractivity contribution is 0.196. The molecule has 0 N–H and O–H groups in total. The molecule has 10 heteroatoms. The Hall–Kier alpha value is -3.00. The van der Waals surface area contributed by atoms with Gasteiger partial charge in [-0.05, 0) is 63.4 Å². The van der Waals surface area contributed by atoms with Gasteiger partial charge in [0.15, 0.2) is 23.6 Å². The zero-order valence-corrected chi connectivity index (χ0v) is 26.5. The number of hydrogen-bond acceptors (Lipinski definition) is 9. The molecule has 0 unspecified atom stereocenters. The van der Waals surface area contributed by atoms with E-state index >= 15 is 0 Å². The first kappa shape index (κ1) is 33.5. The van der Waals surface area contributed by atoms with Gasteiger partial charge >= 0.3 is 7.60 Å². The van der Waals surface area contributed by atoms with E-state index in [2.05, 4.69) is 20.8 Å². The number of hydrogen-bond donors (Lipinski definition) is 0. The minimum Gasteiger partial charge on any atom is -0.493 e. The van der Waals surface area contributed by atoms with Gasteiger partial charge in [-0.25, -0.2) is 0 Å². The predicted octanol–water partition coefficient (Wildman–Crippen LogP) is 8.60. The van der Waals surface area contributed by atoms with Crippen molar-refractivity contribution in [1.82, 2.24) is 0 Å². The standard InChI is InChI=1S/C32H45O9P/c1-6-11-18-35-25-15-16-26-28(22-25)41-31(32(30(26)33)38-23-42(34,39-9-4)40-10-5)24-14-17-27(36-19-12-7-2)29(21-24)37-20-13-8-3/h14-17,21-22H,6-13,18-20,23H2,1-5H3. The molecule has 9 nitrogen and oxygen atoms in total. The van der Waals surface area contributed by atoms with Gasteiger partial charge in [0.1, 0.15) is 11.3 Å². The smallest absolute Gasteiger partial charge is 0.367 e. The van der Waals surface area contributed by atoms with Gasteiger partial charge in [-0.15, -0.1) is 0 Å². The first-order chi connectivity index (χ1) is 20.4. The van der Waals surface area contributed by atoms with Crippen molar-refractivity contribution in [2.45, 2.75) is 73.1 Å². The highest BCUT2D eigenvalue weighted by Gasteiger charge is 2.28. The van der Waals surface area contributed by atoms with E-state index in [-0.39, 0.29) is 24.7 Å². The van der Waals surface area contributed by atoms with Crippen LogP contribution in [0.1, 0.15) is 73.1 Å². The second-order valence-corrected chi connectivity index (χ2v) is 11.7. The molecule has 1 heterocycles. The largest absolute Gasteiger partial charge is 0.493 e. The molecule has 2 aromatic carbocycles. The van der Waals surface area contributed by atoms with Gasteiger partial charge in [0.25, 0.3) is 0 Å². The fourth-order valence-corrected chi connectivity index (χ4v) is 5.38. The van der Waals surface area contributed by atoms with Gasteiger partial charge in [0, 0.05) is 11.6 Å². The predicted molar refractivity (Wildman–Crippen MR) is 165 cm³/mol. The molecule has 42 heavy (non-hydrogen) atoms. The van der Waals surface area contributed by atoms with Crippen LogP contribution >= 0.6 is 7.60 Å². The summed E-state index contributed by atoms with van der Waals surface area (Å²) in [4.78, 5) is 13.8. The zero-order valence-electron chi connectivity index (χ0n) is 25.6. The molecule has 0 atom stereocenters. The maximum absolute atomic E-state index is 13.8. The van der Waals surface area contributed by atoms with Gasteiger partial charge in [-0.1, -0.05) is 40.0 Å². The lowest BCUT2D eigenvalue weighted by Crippen LogP contribution is -2.13. The van der Waals surface area contributed by atoms with Crippen LogP contribution in [0.15, 0.2) is 45.6 Å². The molecule has 3 aromatic rings. The van der Waals surface area contributed by atoms with E-state index in [4.69, 9.17) is 32.4 Å². The Morgan fingerprint density at radius 2 is 1.33 bits per heavy atom. The summed E-state index contributed by atoms with van der Waals surface area (Å²) in [6.45, 7) is 11.7. The van der Waals surface area contributed by atoms with Crippen molar-refractivity contribution in [3.05, 3.63) is 46.6 Å². The van der Waals surface area contributed by atoms with Gasteiger partial charge in [0.2, 0.25) is 11.2 Å². The normalized spacial score (nSPS) is 11.5. The van der Waals surface area contributed by atoms with Crippen LogP contribution < -0.4 is 24.4 Å². The minimum absolute atomic E-state index is 0.0963. The molecule has 0 fully saturated rings. The summed E-state index contributed by atoms with van der Waals surface area (Å²) in [6, 6.07) is 10.4. The van der Waals surface area contributed by atoms with Crippen LogP contribution in [0, 0.1) is 0 Å². The second-order valence-electron chi connectivity index (χ2n) is 9.73. The number of fused-ring (bicyclic) bond motifs is 1. The van der Waals surface area contributed by atoms with Gasteiger partial charge in [0.05, 0.1) is 38.4 Å². The highest BCUT2D eigenvalue weighted by atomic mass is 31.2. The molecule has 1 aromatic heterocycles. The van der Waals surface area contributed by atoms with Crippen molar-refractivity contribution < 1.29 is 37.0 Å². The van der Waals surface area contributed by atoms with Gasteiger partial charge < -0.3 is 32.4 Å². The van der Waals surface area contributed by atoms with E-state index in [1.54, 1.807) is 50.2 Å². The van der Waals surface area contributed by atoms with E-state index in [1.807, 2.05) is 0 Å². The number of unbranched alkanes of at least 4 members (excludes halogenated alkanes) is 3. The topological polar surface area (TPSA) is 103 Å². The molecular weight excluding hydrogens is 559 g/mol. The first-order valence-electron chi connectivity index (χ1n) is 15.0. The molecule has 0 bridgehead atoms. The van der Waals surface area contributed by atoms with E-state index in [1.165, 1.54) is 0 Å². The Balaban J connectivity index is 2.13. The lowest BCUT2D eigenvalue weighted by atomic mass is 10.1. The Bertz CT molecular complexity index is 1360. The summed E-state index contributed by atoms with van der Waals surface area (Å²) in [5, 5.41) is 0.304. The third-order valence-electron chi connectivity index (χ3n) is 6.32. The number of benzene rings is 2. The average molecular weight is 605 g/mol. The van der Waals surface area contributed by atoms with Crippen LogP contribution in [-0.2, 0) is 13.6 Å². The van der Waals surface area contributed by atoms with Gasteiger partial charge in [-0.2, -0.15) is 0 Å². The zero-order chi connectivity index (χ0) is 30.4. The highest BCUT2D eigenvalue weighted by Crippen LogP contribution is 2.48. The van der Waals surface area contributed by atoms with Crippen molar-refractivity contribution in [3.8, 4) is 34.3 Å². The minimum atomic E-state index is -3.62. The van der Waals surface area contributed by atoms with E-state index in [0.717, 1.165) is 38.5 Å². The van der Waals surface area contributed by atoms with Crippen LogP contribution in [0.4, 0.5) is 0 Å². The molecule has 0 aliphatic carbocycles. The highest BCUT2D eigenvalue weighted by molar-refractivity contribution is 7.53. The fourth-order valence-electron chi connectivity index (χ4n) is 4.08. The molecule has 0 saturated carbocycles. The quantitative estimate of drug-likeness (QED) is 0.0926. The van der Waals surface area contributed by atoms with Crippen LogP contribution in [0.25, 0.3) is 22.3 Å². The summed E-state index contributed by atoms with van der Waals surface area (Å²) in [5.41, 5.74) is 0.465. The molecule has 232 valence electrons. The molecule has 0 aliphatic rings. The summed E-state index contributed by atoms with van der Waals surface area (Å²) in [5.74, 6) is 1.81. The summed E-state index contributed by atoms with van der Waals surface area (Å²) in [7, 11) is -3.62. The summed E-state index contributed by atoms with van der Waals surface area (Å²) < 4.78 is 54.2. The summed E-state index contributed by atoms with van der Waals surface area (Å²) >= 11 is 0. The van der Waals surface area contributed by atoms with Crippen molar-refractivity contribution in [2.75, 3.05) is 39.4 Å². The maximum atomic E-state index is 13.8. The third kappa shape index (κ3) is 9.25. The molecule has 0 radical (unpaired) electrons. The molecule has 0 saturated heterocycles. The van der Waals surface area contributed by atoms with Crippen molar-refractivity contribution in [1.29, 1.82) is 0 Å². The Morgan fingerprint density at radius 3 is 1.95 bits per heavy atom. The van der Waals surface area contributed by atoms with Crippen molar-refractivity contribution >= 4 is 18.6 Å². The van der Waals surface area contributed by atoms with Crippen LogP contribution in [0.3, 0.4) is 0 Å². The van der Waals surface area contributed by atoms with Crippen LogP contribution in [-0.4, -0.2) is 39.4 Å². The molecular formula is C32H45O9P. The Morgan fingerprint density at radius 1 is 0.714 bits per heavy atom. The molecule has 0 amide bonds. The Kier molecular flexibility index (Phi) is 13.7. The fraction of sp³-hybridized carbons (Fsp3) is 0.531. The van der Waals surface area contributed by atoms with Crippen molar-refractivity contribution in [2.24, 2.45) is 0 Å². The third-order valence-corrected chi connectivity index (χ3v) is 8.07. The first-order valence-corrected chi connectivity index (χ1v) is 16.8. The number of ether oxygens (including phenoxy) is 4. The monoisotopic (exact) mass is 604 g/mol. The van der Waals surface area contributed by atoms with E-state index < -0.39 is 19.4 Å². The maximum Gasteiger partial charge on any atom is 0.367 e. The van der Waals surface area contributed by atoms with Gasteiger partial charge in [-0.3, -0.25) is 9.36 Å².